The summed E-state index contributed by atoms with van der Waals surface area (Å²) in [5.74, 6) is 0.714. The van der Waals surface area contributed by atoms with Crippen LogP contribution in [0.15, 0.2) is 182 Å². The highest BCUT2D eigenvalue weighted by molar-refractivity contribution is 6.13. The molecule has 9 aromatic rings. The Hall–Kier alpha value is -6.64. The molecule has 2 nitrogen and oxygen atoms in total. The van der Waals surface area contributed by atoms with Gasteiger partial charge in [0, 0.05) is 22.1 Å². The fourth-order valence-electron chi connectivity index (χ4n) is 8.33. The van der Waals surface area contributed by atoms with E-state index < -0.39 is 0 Å². The van der Waals surface area contributed by atoms with Crippen molar-refractivity contribution in [2.75, 3.05) is 0 Å². The molecular weight excluding hydrogens is 641 g/mol. The third-order valence-corrected chi connectivity index (χ3v) is 11.1. The van der Waals surface area contributed by atoms with Gasteiger partial charge in [-0.25, -0.2) is 9.97 Å². The topological polar surface area (TPSA) is 25.8 Å². The second-order valence-corrected chi connectivity index (χ2v) is 14.6. The van der Waals surface area contributed by atoms with Crippen LogP contribution < -0.4 is 0 Å². The Labute approximate surface area is 310 Å². The molecule has 250 valence electrons. The Morgan fingerprint density at radius 2 is 0.906 bits per heavy atom. The lowest BCUT2D eigenvalue weighted by molar-refractivity contribution is 0.661. The second kappa shape index (κ2) is 12.3. The van der Waals surface area contributed by atoms with E-state index in [1.807, 2.05) is 6.07 Å². The van der Waals surface area contributed by atoms with Gasteiger partial charge in [0.05, 0.1) is 11.4 Å². The molecule has 2 heteroatoms. The van der Waals surface area contributed by atoms with Gasteiger partial charge in [0.15, 0.2) is 5.82 Å². The van der Waals surface area contributed by atoms with E-state index in [0.717, 1.165) is 44.6 Å². The average Bonchev–Trinajstić information content (AvgIpc) is 3.45. The molecule has 0 radical (unpaired) electrons. The third kappa shape index (κ3) is 5.26. The van der Waals surface area contributed by atoms with Gasteiger partial charge < -0.3 is 0 Å². The van der Waals surface area contributed by atoms with Crippen LogP contribution in [0.3, 0.4) is 0 Å². The summed E-state index contributed by atoms with van der Waals surface area (Å²) in [7, 11) is 0. The molecule has 53 heavy (non-hydrogen) atoms. The maximum Gasteiger partial charge on any atom is 0.161 e. The van der Waals surface area contributed by atoms with E-state index in [9.17, 15) is 0 Å². The number of hydrogen-bond donors (Lipinski definition) is 0. The van der Waals surface area contributed by atoms with E-state index >= 15 is 0 Å². The Balaban J connectivity index is 1.19. The summed E-state index contributed by atoms with van der Waals surface area (Å²) < 4.78 is 0. The largest absolute Gasteiger partial charge is 0.228 e. The van der Waals surface area contributed by atoms with E-state index in [2.05, 4.69) is 190 Å². The number of nitrogens with zero attached hydrogens (tertiary/aromatic N) is 2. The van der Waals surface area contributed by atoms with Crippen LogP contribution in [-0.2, 0) is 5.41 Å². The summed E-state index contributed by atoms with van der Waals surface area (Å²) in [6.45, 7) is 4.70. The van der Waals surface area contributed by atoms with Gasteiger partial charge in [0.25, 0.3) is 0 Å². The van der Waals surface area contributed by atoms with Crippen molar-refractivity contribution in [3.8, 4) is 67.3 Å². The van der Waals surface area contributed by atoms with Gasteiger partial charge in [-0.2, -0.15) is 0 Å². The van der Waals surface area contributed by atoms with Gasteiger partial charge in [-0.15, -0.1) is 0 Å². The zero-order valence-electron chi connectivity index (χ0n) is 29.7. The van der Waals surface area contributed by atoms with Crippen molar-refractivity contribution in [3.63, 3.8) is 0 Å². The molecule has 0 fully saturated rings. The predicted octanol–water partition coefficient (Wildman–Crippen LogP) is 13.4. The first-order valence-corrected chi connectivity index (χ1v) is 18.3. The Morgan fingerprint density at radius 1 is 0.340 bits per heavy atom. The maximum absolute atomic E-state index is 5.40. The zero-order chi connectivity index (χ0) is 35.5. The van der Waals surface area contributed by atoms with Gasteiger partial charge in [-0.05, 0) is 102 Å². The van der Waals surface area contributed by atoms with E-state index in [1.54, 1.807) is 0 Å². The van der Waals surface area contributed by atoms with Crippen LogP contribution in [-0.4, -0.2) is 9.97 Å². The molecule has 1 aliphatic carbocycles. The number of hydrogen-bond acceptors (Lipinski definition) is 2. The highest BCUT2D eigenvalue weighted by Crippen LogP contribution is 2.50. The van der Waals surface area contributed by atoms with Crippen molar-refractivity contribution in [1.29, 1.82) is 0 Å². The summed E-state index contributed by atoms with van der Waals surface area (Å²) >= 11 is 0. The highest BCUT2D eigenvalue weighted by atomic mass is 14.9. The van der Waals surface area contributed by atoms with Crippen molar-refractivity contribution in [2.45, 2.75) is 19.3 Å². The lowest BCUT2D eigenvalue weighted by Gasteiger charge is -2.22. The van der Waals surface area contributed by atoms with E-state index in [0.29, 0.717) is 5.82 Å². The molecular formula is C51H36N2. The predicted molar refractivity (Wildman–Crippen MR) is 222 cm³/mol. The van der Waals surface area contributed by atoms with Crippen molar-refractivity contribution in [1.82, 2.24) is 9.97 Å². The van der Waals surface area contributed by atoms with Crippen LogP contribution in [0.4, 0.5) is 0 Å². The molecule has 0 saturated heterocycles. The quantitative estimate of drug-likeness (QED) is 0.170. The summed E-state index contributed by atoms with van der Waals surface area (Å²) in [4.78, 5) is 10.7. The standard InChI is InChI=1S/C51H36N2/c1-51(2)46-24-13-12-21-42(46)45-30-36-25-26-41-40(44(36)31-47(45)51)22-14-23-43(41)50-52-48(35-19-10-5-11-20-35)32-49(53-50)39-28-37(33-15-6-3-7-16-33)27-38(29-39)34-17-8-4-9-18-34/h3-32H,1-2H3. The van der Waals surface area contributed by atoms with Crippen molar-refractivity contribution in [2.24, 2.45) is 0 Å². The summed E-state index contributed by atoms with van der Waals surface area (Å²) in [6, 6.07) is 65.4. The minimum Gasteiger partial charge on any atom is -0.228 e. The van der Waals surface area contributed by atoms with Gasteiger partial charge in [-0.3, -0.25) is 0 Å². The molecule has 0 amide bonds. The van der Waals surface area contributed by atoms with Crippen LogP contribution in [0.25, 0.3) is 88.8 Å². The van der Waals surface area contributed by atoms with Crippen LogP contribution in [0.2, 0.25) is 0 Å². The lowest BCUT2D eigenvalue weighted by atomic mass is 9.81. The third-order valence-electron chi connectivity index (χ3n) is 11.1. The monoisotopic (exact) mass is 676 g/mol. The maximum atomic E-state index is 5.40. The van der Waals surface area contributed by atoms with Gasteiger partial charge in [0.2, 0.25) is 0 Å². The summed E-state index contributed by atoms with van der Waals surface area (Å²) in [5, 5.41) is 4.85. The molecule has 0 unspecified atom stereocenters. The Kier molecular flexibility index (Phi) is 7.19. The number of aromatic nitrogens is 2. The highest BCUT2D eigenvalue weighted by Gasteiger charge is 2.35. The first-order valence-electron chi connectivity index (χ1n) is 18.3. The summed E-state index contributed by atoms with van der Waals surface area (Å²) in [5.41, 5.74) is 14.9. The number of fused-ring (bicyclic) bond motifs is 6. The normalized spacial score (nSPS) is 12.9. The van der Waals surface area contributed by atoms with Crippen molar-refractivity contribution >= 4 is 21.5 Å². The smallest absolute Gasteiger partial charge is 0.161 e. The molecule has 0 atom stereocenters. The number of rotatable bonds is 5. The summed E-state index contributed by atoms with van der Waals surface area (Å²) in [6.07, 6.45) is 0. The minimum absolute atomic E-state index is 0.0746. The Morgan fingerprint density at radius 3 is 1.58 bits per heavy atom. The Bertz CT molecular complexity index is 2780. The first-order chi connectivity index (χ1) is 26.0. The zero-order valence-corrected chi connectivity index (χ0v) is 29.7. The number of benzene rings is 8. The first kappa shape index (κ1) is 31.1. The van der Waals surface area contributed by atoms with E-state index in [-0.39, 0.29) is 5.41 Å². The molecule has 0 spiro atoms. The second-order valence-electron chi connectivity index (χ2n) is 14.6. The molecule has 1 heterocycles. The molecule has 0 N–H and O–H groups in total. The molecule has 1 aromatic heterocycles. The van der Waals surface area contributed by atoms with Gasteiger partial charge in [0.1, 0.15) is 0 Å². The van der Waals surface area contributed by atoms with Crippen LogP contribution >= 0.6 is 0 Å². The van der Waals surface area contributed by atoms with Crippen LogP contribution in [0.5, 0.6) is 0 Å². The average molecular weight is 677 g/mol. The molecule has 10 rings (SSSR count). The van der Waals surface area contributed by atoms with Gasteiger partial charge in [-0.1, -0.05) is 159 Å². The molecule has 8 aromatic carbocycles. The van der Waals surface area contributed by atoms with Crippen LogP contribution in [0, 0.1) is 0 Å². The van der Waals surface area contributed by atoms with Crippen LogP contribution in [0.1, 0.15) is 25.0 Å². The van der Waals surface area contributed by atoms with Crippen molar-refractivity contribution in [3.05, 3.63) is 193 Å². The van der Waals surface area contributed by atoms with E-state index in [4.69, 9.17) is 9.97 Å². The van der Waals surface area contributed by atoms with Crippen molar-refractivity contribution < 1.29 is 0 Å². The lowest BCUT2D eigenvalue weighted by Crippen LogP contribution is -2.14. The SMILES string of the molecule is CC1(C)c2ccccc2-c2cc3ccc4c(-c5nc(-c6ccccc6)cc(-c6cc(-c7ccccc7)cc(-c7ccccc7)c6)n5)cccc4c3cc21. The fraction of sp³-hybridized carbons (Fsp3) is 0.0588. The molecule has 0 bridgehead atoms. The fourth-order valence-corrected chi connectivity index (χ4v) is 8.33. The van der Waals surface area contributed by atoms with E-state index in [1.165, 1.54) is 49.5 Å². The van der Waals surface area contributed by atoms with Gasteiger partial charge >= 0.3 is 0 Å². The minimum atomic E-state index is -0.0746. The molecule has 0 saturated carbocycles. The molecule has 0 aliphatic heterocycles. The molecule has 1 aliphatic rings.